The summed E-state index contributed by atoms with van der Waals surface area (Å²) in [5.74, 6) is 0.742. The van der Waals surface area contributed by atoms with Crippen molar-refractivity contribution in [2.24, 2.45) is 0 Å². The van der Waals surface area contributed by atoms with Crippen LogP contribution < -0.4 is 11.1 Å². The number of hydrogen-bond acceptors (Lipinski definition) is 3. The van der Waals surface area contributed by atoms with Crippen molar-refractivity contribution in [2.75, 3.05) is 11.1 Å². The van der Waals surface area contributed by atoms with E-state index in [2.05, 4.69) is 31.1 Å². The maximum absolute atomic E-state index is 5.83. The average molecular weight is 228 g/mol. The third-order valence-electron chi connectivity index (χ3n) is 2.81. The molecule has 0 radical (unpaired) electrons. The molecule has 1 heterocycles. The third-order valence-corrected chi connectivity index (χ3v) is 3.00. The Bertz CT molecular complexity index is 314. The molecule has 0 aliphatic carbocycles. The van der Waals surface area contributed by atoms with Gasteiger partial charge >= 0.3 is 0 Å². The van der Waals surface area contributed by atoms with Crippen molar-refractivity contribution >= 4 is 23.1 Å². The largest absolute Gasteiger partial charge is 0.399 e. The van der Waals surface area contributed by atoms with Gasteiger partial charge in [-0.1, -0.05) is 25.4 Å². The Balaban J connectivity index is 2.88. The van der Waals surface area contributed by atoms with Crippen LogP contribution in [0.5, 0.6) is 0 Å². The first-order valence-corrected chi connectivity index (χ1v) is 5.58. The zero-order valence-electron chi connectivity index (χ0n) is 9.47. The predicted octanol–water partition coefficient (Wildman–Crippen LogP) is 3.31. The summed E-state index contributed by atoms with van der Waals surface area (Å²) in [6.45, 7) is 6.45. The van der Waals surface area contributed by atoms with Gasteiger partial charge in [0.15, 0.2) is 0 Å². The maximum atomic E-state index is 5.83. The van der Waals surface area contributed by atoms with Crippen LogP contribution in [0.2, 0.25) is 5.15 Å². The number of pyridine rings is 1. The van der Waals surface area contributed by atoms with Crippen LogP contribution in [0.4, 0.5) is 11.5 Å². The van der Waals surface area contributed by atoms with Crippen LogP contribution >= 0.6 is 11.6 Å². The van der Waals surface area contributed by atoms with Gasteiger partial charge in [0.25, 0.3) is 0 Å². The van der Waals surface area contributed by atoms with Gasteiger partial charge in [-0.3, -0.25) is 0 Å². The number of hydrogen-bond donors (Lipinski definition) is 2. The van der Waals surface area contributed by atoms with Gasteiger partial charge in [0.05, 0.1) is 0 Å². The summed E-state index contributed by atoms with van der Waals surface area (Å²) in [6.07, 6.45) is 2.05. The molecule has 0 aliphatic rings. The molecule has 4 heteroatoms. The van der Waals surface area contributed by atoms with Crippen molar-refractivity contribution in [3.05, 3.63) is 17.3 Å². The number of nitrogens with zero attached hydrogens (tertiary/aromatic N) is 1. The predicted molar refractivity (Wildman–Crippen MR) is 66.3 cm³/mol. The minimum absolute atomic E-state index is 0.0458. The molecule has 15 heavy (non-hydrogen) atoms. The van der Waals surface area contributed by atoms with Gasteiger partial charge in [-0.15, -0.1) is 0 Å². The zero-order valence-corrected chi connectivity index (χ0v) is 10.2. The van der Waals surface area contributed by atoms with E-state index >= 15 is 0 Å². The number of aromatic nitrogens is 1. The lowest BCUT2D eigenvalue weighted by atomic mass is 9.96. The minimum Gasteiger partial charge on any atom is -0.399 e. The highest BCUT2D eigenvalue weighted by Crippen LogP contribution is 2.23. The van der Waals surface area contributed by atoms with E-state index in [-0.39, 0.29) is 5.54 Å². The molecule has 0 saturated carbocycles. The second kappa shape index (κ2) is 4.71. The molecular weight excluding hydrogens is 210 g/mol. The fourth-order valence-corrected chi connectivity index (χ4v) is 1.53. The highest BCUT2D eigenvalue weighted by molar-refractivity contribution is 6.29. The Hall–Kier alpha value is -0.960. The van der Waals surface area contributed by atoms with E-state index in [0.717, 1.165) is 18.7 Å². The molecule has 0 aromatic carbocycles. The molecule has 3 nitrogen and oxygen atoms in total. The van der Waals surface area contributed by atoms with Crippen molar-refractivity contribution < 1.29 is 0 Å². The minimum atomic E-state index is 0.0458. The van der Waals surface area contributed by atoms with Gasteiger partial charge in [-0.2, -0.15) is 0 Å². The molecule has 1 aromatic rings. The van der Waals surface area contributed by atoms with Crippen molar-refractivity contribution in [1.82, 2.24) is 4.98 Å². The molecule has 0 unspecified atom stereocenters. The molecular formula is C11H18ClN3. The molecule has 0 bridgehead atoms. The highest BCUT2D eigenvalue weighted by atomic mass is 35.5. The Morgan fingerprint density at radius 2 is 2.00 bits per heavy atom. The number of nitrogens with two attached hydrogens (primary N) is 1. The van der Waals surface area contributed by atoms with Gasteiger partial charge in [0.1, 0.15) is 11.0 Å². The molecule has 0 fully saturated rings. The number of nitrogens with one attached hydrogen (secondary N) is 1. The van der Waals surface area contributed by atoms with Crippen molar-refractivity contribution in [3.63, 3.8) is 0 Å². The van der Waals surface area contributed by atoms with Crippen LogP contribution in [0.15, 0.2) is 12.1 Å². The molecule has 3 N–H and O–H groups in total. The summed E-state index contributed by atoms with van der Waals surface area (Å²) in [7, 11) is 0. The molecule has 84 valence electrons. The number of anilines is 2. The molecule has 0 aliphatic heterocycles. The van der Waals surface area contributed by atoms with E-state index in [9.17, 15) is 0 Å². The lowest BCUT2D eigenvalue weighted by Crippen LogP contribution is -2.33. The molecule has 1 aromatic heterocycles. The second-order valence-corrected chi connectivity index (χ2v) is 4.39. The van der Waals surface area contributed by atoms with Crippen LogP contribution in [0.1, 0.15) is 33.6 Å². The van der Waals surface area contributed by atoms with Crippen molar-refractivity contribution in [3.8, 4) is 0 Å². The highest BCUT2D eigenvalue weighted by Gasteiger charge is 2.19. The average Bonchev–Trinajstić information content (AvgIpc) is 2.16. The van der Waals surface area contributed by atoms with E-state index in [1.54, 1.807) is 12.1 Å². The summed E-state index contributed by atoms with van der Waals surface area (Å²) in [4.78, 5) is 4.19. The molecule has 1 rings (SSSR count). The molecule has 0 spiro atoms. The number of halogens is 1. The van der Waals surface area contributed by atoms with Gasteiger partial charge < -0.3 is 11.1 Å². The van der Waals surface area contributed by atoms with Crippen LogP contribution in [0.3, 0.4) is 0 Å². The number of nitrogen functional groups attached to an aromatic ring is 1. The monoisotopic (exact) mass is 227 g/mol. The van der Waals surface area contributed by atoms with E-state index in [0.29, 0.717) is 10.8 Å². The van der Waals surface area contributed by atoms with E-state index in [1.807, 2.05) is 0 Å². The van der Waals surface area contributed by atoms with Crippen molar-refractivity contribution in [1.29, 1.82) is 0 Å². The fraction of sp³-hybridized carbons (Fsp3) is 0.545. The first-order chi connectivity index (χ1) is 6.99. The van der Waals surface area contributed by atoms with E-state index < -0.39 is 0 Å². The zero-order chi connectivity index (χ0) is 11.5. The van der Waals surface area contributed by atoms with Crippen LogP contribution in [-0.2, 0) is 0 Å². The van der Waals surface area contributed by atoms with Crippen LogP contribution in [0.25, 0.3) is 0 Å². The van der Waals surface area contributed by atoms with Gasteiger partial charge in [0, 0.05) is 17.3 Å². The maximum Gasteiger partial charge on any atom is 0.133 e. The molecule has 0 atom stereocenters. The Labute approximate surface area is 96.0 Å². The lowest BCUT2D eigenvalue weighted by molar-refractivity contribution is 0.477. The SMILES string of the molecule is CCC(C)(CC)Nc1cc(N)cc(Cl)n1. The summed E-state index contributed by atoms with van der Waals surface area (Å²) in [6, 6.07) is 3.44. The van der Waals surface area contributed by atoms with E-state index in [4.69, 9.17) is 17.3 Å². The van der Waals surface area contributed by atoms with E-state index in [1.165, 1.54) is 0 Å². The van der Waals surface area contributed by atoms with Crippen molar-refractivity contribution in [2.45, 2.75) is 39.2 Å². The summed E-state index contributed by atoms with van der Waals surface area (Å²) in [5.41, 5.74) is 6.37. The Morgan fingerprint density at radius 1 is 1.40 bits per heavy atom. The fourth-order valence-electron chi connectivity index (χ4n) is 1.32. The molecule has 0 amide bonds. The standard InChI is InChI=1S/C11H18ClN3/c1-4-11(3,5-2)15-10-7-8(13)6-9(12)14-10/h6-7H,4-5H2,1-3H3,(H3,13,14,15). The summed E-state index contributed by atoms with van der Waals surface area (Å²) in [5, 5.41) is 3.78. The second-order valence-electron chi connectivity index (χ2n) is 4.00. The lowest BCUT2D eigenvalue weighted by Gasteiger charge is -2.29. The first-order valence-electron chi connectivity index (χ1n) is 5.20. The number of rotatable bonds is 4. The summed E-state index contributed by atoms with van der Waals surface area (Å²) < 4.78 is 0. The topological polar surface area (TPSA) is 50.9 Å². The summed E-state index contributed by atoms with van der Waals surface area (Å²) >= 11 is 5.83. The van der Waals surface area contributed by atoms with Gasteiger partial charge in [-0.25, -0.2) is 4.98 Å². The van der Waals surface area contributed by atoms with Gasteiger partial charge in [-0.05, 0) is 25.8 Å². The normalized spacial score (nSPS) is 11.5. The smallest absolute Gasteiger partial charge is 0.133 e. The van der Waals surface area contributed by atoms with Crippen LogP contribution in [-0.4, -0.2) is 10.5 Å². The molecule has 0 saturated heterocycles. The van der Waals surface area contributed by atoms with Gasteiger partial charge in [0.2, 0.25) is 0 Å². The first kappa shape index (κ1) is 12.1. The quantitative estimate of drug-likeness (QED) is 0.776. The van der Waals surface area contributed by atoms with Crippen LogP contribution in [0, 0.1) is 0 Å². The Kier molecular flexibility index (Phi) is 3.80. The Morgan fingerprint density at radius 3 is 2.47 bits per heavy atom. The third kappa shape index (κ3) is 3.27.